The van der Waals surface area contributed by atoms with Gasteiger partial charge in [0, 0.05) is 13.5 Å². The molecule has 1 aliphatic heterocycles. The van der Waals surface area contributed by atoms with Crippen LogP contribution in [0, 0.1) is 7.05 Å². The molecule has 1 heterocycles. The number of quaternary nitrogens is 1. The highest BCUT2D eigenvalue weighted by Crippen LogP contribution is 2.03. The second-order valence-corrected chi connectivity index (χ2v) is 3.23. The quantitative estimate of drug-likeness (QED) is 0.522. The zero-order valence-corrected chi connectivity index (χ0v) is 7.67. The first-order valence-corrected chi connectivity index (χ1v) is 4.12. The van der Waals surface area contributed by atoms with Gasteiger partial charge in [-0.1, -0.05) is 0 Å². The Balaban J connectivity index is 2.42. The van der Waals surface area contributed by atoms with Gasteiger partial charge in [-0.2, -0.15) is 7.05 Å². The third-order valence-corrected chi connectivity index (χ3v) is 2.37. The molecular formula is C8H16N2O2. The molecule has 0 bridgehead atoms. The first-order valence-electron chi connectivity index (χ1n) is 4.12. The summed E-state index contributed by atoms with van der Waals surface area (Å²) in [6.45, 7) is 1.96. The molecule has 70 valence electrons. The summed E-state index contributed by atoms with van der Waals surface area (Å²) in [5.41, 5.74) is 0. The van der Waals surface area contributed by atoms with E-state index in [0.717, 1.165) is 19.5 Å². The second-order valence-electron chi connectivity index (χ2n) is 3.23. The number of hydrogen-bond donors (Lipinski definition) is 1. The number of nitrogens with one attached hydrogen (secondary N) is 1. The Bertz CT molecular complexity index is 172. The van der Waals surface area contributed by atoms with Crippen LogP contribution in [-0.4, -0.2) is 44.3 Å². The maximum Gasteiger partial charge on any atom is 0.409 e. The lowest BCUT2D eigenvalue weighted by Gasteiger charge is -2.21. The van der Waals surface area contributed by atoms with Crippen LogP contribution in [0.5, 0.6) is 0 Å². The van der Waals surface area contributed by atoms with Gasteiger partial charge in [-0.3, -0.25) is 0 Å². The van der Waals surface area contributed by atoms with Gasteiger partial charge in [0.2, 0.25) is 0 Å². The van der Waals surface area contributed by atoms with E-state index in [0.29, 0.717) is 6.04 Å². The number of nitrogens with zero attached hydrogens (tertiary/aromatic N) is 1. The van der Waals surface area contributed by atoms with E-state index >= 15 is 0 Å². The summed E-state index contributed by atoms with van der Waals surface area (Å²) in [4.78, 5) is 14.0. The van der Waals surface area contributed by atoms with E-state index in [4.69, 9.17) is 0 Å². The molecule has 1 rings (SSSR count). The van der Waals surface area contributed by atoms with Crippen molar-refractivity contribution in [2.24, 2.45) is 0 Å². The van der Waals surface area contributed by atoms with Crippen LogP contribution in [0.15, 0.2) is 0 Å². The first kappa shape index (κ1) is 9.32. The molecule has 1 amide bonds. The second kappa shape index (κ2) is 3.76. The van der Waals surface area contributed by atoms with Crippen molar-refractivity contribution in [3.05, 3.63) is 7.05 Å². The molecule has 1 fully saturated rings. The maximum absolute atomic E-state index is 11.1. The van der Waals surface area contributed by atoms with Crippen LogP contribution in [-0.2, 0) is 4.74 Å². The molecule has 0 aliphatic carbocycles. The van der Waals surface area contributed by atoms with Crippen LogP contribution < -0.4 is 4.90 Å². The topological polar surface area (TPSA) is 34.0 Å². The largest absolute Gasteiger partial charge is 0.466 e. The molecule has 4 heteroatoms. The van der Waals surface area contributed by atoms with Crippen molar-refractivity contribution in [2.45, 2.75) is 12.5 Å². The van der Waals surface area contributed by atoms with E-state index in [1.807, 2.05) is 0 Å². The van der Waals surface area contributed by atoms with E-state index in [1.54, 1.807) is 11.9 Å². The van der Waals surface area contributed by atoms with E-state index in [9.17, 15) is 4.79 Å². The van der Waals surface area contributed by atoms with Crippen LogP contribution in [0.2, 0.25) is 0 Å². The van der Waals surface area contributed by atoms with Gasteiger partial charge < -0.3 is 14.5 Å². The van der Waals surface area contributed by atoms with Gasteiger partial charge in [0.1, 0.15) is 0 Å². The van der Waals surface area contributed by atoms with Crippen LogP contribution in [0.4, 0.5) is 4.79 Å². The summed E-state index contributed by atoms with van der Waals surface area (Å²) in [7, 11) is 7.07. The van der Waals surface area contributed by atoms with E-state index in [1.165, 1.54) is 12.0 Å². The number of carbonyl (C=O) groups is 1. The van der Waals surface area contributed by atoms with Gasteiger partial charge in [-0.05, 0) is 0 Å². The third kappa shape index (κ3) is 1.88. The summed E-state index contributed by atoms with van der Waals surface area (Å²) in [5, 5.41) is 0. The standard InChI is InChI=1S/C8H16N2O2/c1-9-5-4-7(6-9)10(2)8(11)12-3/h7,9H,1,4-6H2,2-3H3/t7-/m0/s1. The minimum atomic E-state index is -0.255. The fraction of sp³-hybridized carbons (Fsp3) is 0.750. The van der Waals surface area contributed by atoms with Crippen LogP contribution in [0.25, 0.3) is 0 Å². The Kier molecular flexibility index (Phi) is 2.92. The molecular weight excluding hydrogens is 156 g/mol. The normalized spacial score (nSPS) is 28.6. The number of amides is 1. The molecule has 4 nitrogen and oxygen atoms in total. The van der Waals surface area contributed by atoms with Gasteiger partial charge >= 0.3 is 6.09 Å². The molecule has 1 aliphatic rings. The zero-order chi connectivity index (χ0) is 9.14. The Morgan fingerprint density at radius 1 is 1.75 bits per heavy atom. The van der Waals surface area contributed by atoms with E-state index in [-0.39, 0.29) is 6.09 Å². The SMILES string of the molecule is [CH2-][NH+]1CC[C@H](N(C)C(=O)OC)C1. The van der Waals surface area contributed by atoms with Gasteiger partial charge in [0.15, 0.2) is 0 Å². The molecule has 0 radical (unpaired) electrons. The molecule has 0 spiro atoms. The minimum Gasteiger partial charge on any atom is -0.466 e. The summed E-state index contributed by atoms with van der Waals surface area (Å²) in [5.74, 6) is 0. The number of likely N-dealkylation sites (N-methyl/N-ethyl adjacent to an activating group) is 1. The summed E-state index contributed by atoms with van der Waals surface area (Å²) >= 11 is 0. The molecule has 0 saturated carbocycles. The van der Waals surface area contributed by atoms with Gasteiger partial charge in [0.05, 0.1) is 26.2 Å². The molecule has 0 aromatic carbocycles. The van der Waals surface area contributed by atoms with E-state index < -0.39 is 0 Å². The van der Waals surface area contributed by atoms with Crippen LogP contribution >= 0.6 is 0 Å². The Labute approximate surface area is 73.1 Å². The van der Waals surface area contributed by atoms with Gasteiger partial charge in [-0.15, -0.1) is 0 Å². The Morgan fingerprint density at radius 3 is 2.83 bits per heavy atom. The number of hydrogen-bond acceptors (Lipinski definition) is 2. The van der Waals surface area contributed by atoms with Crippen molar-refractivity contribution in [3.63, 3.8) is 0 Å². The zero-order valence-electron chi connectivity index (χ0n) is 7.67. The number of rotatable bonds is 1. The smallest absolute Gasteiger partial charge is 0.409 e. The third-order valence-electron chi connectivity index (χ3n) is 2.37. The highest BCUT2D eigenvalue weighted by Gasteiger charge is 2.27. The minimum absolute atomic E-state index is 0.255. The number of carbonyl (C=O) groups excluding carboxylic acids is 1. The van der Waals surface area contributed by atoms with Crippen molar-refractivity contribution in [1.29, 1.82) is 0 Å². The molecule has 1 unspecified atom stereocenters. The highest BCUT2D eigenvalue weighted by molar-refractivity contribution is 5.67. The first-order chi connectivity index (χ1) is 5.65. The van der Waals surface area contributed by atoms with Crippen molar-refractivity contribution in [2.75, 3.05) is 27.2 Å². The van der Waals surface area contributed by atoms with Gasteiger partial charge in [-0.25, -0.2) is 4.79 Å². The summed E-state index contributed by atoms with van der Waals surface area (Å²) in [6.07, 6.45) is 0.763. The molecule has 0 aromatic rings. The molecule has 12 heavy (non-hydrogen) atoms. The lowest BCUT2D eigenvalue weighted by Crippen LogP contribution is -3.05. The van der Waals surface area contributed by atoms with Gasteiger partial charge in [0.25, 0.3) is 0 Å². The predicted octanol–water partition coefficient (Wildman–Crippen LogP) is -0.867. The highest BCUT2D eigenvalue weighted by atomic mass is 16.5. The molecule has 1 saturated heterocycles. The summed E-state index contributed by atoms with van der Waals surface area (Å²) in [6, 6.07) is 0.296. The van der Waals surface area contributed by atoms with Crippen LogP contribution in [0.3, 0.4) is 0 Å². The van der Waals surface area contributed by atoms with Crippen molar-refractivity contribution < 1.29 is 14.4 Å². The monoisotopic (exact) mass is 172 g/mol. The van der Waals surface area contributed by atoms with E-state index in [2.05, 4.69) is 11.8 Å². The lowest BCUT2D eigenvalue weighted by atomic mass is 10.2. The average molecular weight is 172 g/mol. The van der Waals surface area contributed by atoms with Crippen molar-refractivity contribution >= 4 is 6.09 Å². The fourth-order valence-electron chi connectivity index (χ4n) is 1.53. The Hall–Kier alpha value is -0.770. The average Bonchev–Trinajstić information content (AvgIpc) is 2.49. The number of methoxy groups -OCH3 is 1. The van der Waals surface area contributed by atoms with Crippen LogP contribution in [0.1, 0.15) is 6.42 Å². The number of likely N-dealkylation sites (tertiary alicyclic amines) is 1. The molecule has 1 N–H and O–H groups in total. The lowest BCUT2D eigenvalue weighted by molar-refractivity contribution is -0.840. The number of ether oxygens (including phenoxy) is 1. The maximum atomic E-state index is 11.1. The van der Waals surface area contributed by atoms with Crippen molar-refractivity contribution in [3.8, 4) is 0 Å². The summed E-state index contributed by atoms with van der Waals surface area (Å²) < 4.78 is 4.62. The molecule has 2 atom stereocenters. The Morgan fingerprint density at radius 2 is 2.42 bits per heavy atom. The fourth-order valence-corrected chi connectivity index (χ4v) is 1.53. The molecule has 0 aromatic heterocycles. The predicted molar refractivity (Wildman–Crippen MR) is 44.6 cm³/mol. The van der Waals surface area contributed by atoms with Crippen molar-refractivity contribution in [1.82, 2.24) is 4.90 Å².